The van der Waals surface area contributed by atoms with E-state index in [9.17, 15) is 0 Å². The van der Waals surface area contributed by atoms with Crippen LogP contribution in [0.2, 0.25) is 0 Å². The molecule has 62 heavy (non-hydrogen) atoms. The predicted molar refractivity (Wildman–Crippen MR) is 266 cm³/mol. The monoisotopic (exact) mass is 794 g/mol. The minimum Gasteiger partial charge on any atom is -0.311 e. The minimum atomic E-state index is 1.03. The number of allylic oxidation sites excluding steroid dienone is 4. The fraction of sp³-hybridized carbons (Fsp3) is 0. The van der Waals surface area contributed by atoms with Gasteiger partial charge in [0, 0.05) is 34.1 Å². The van der Waals surface area contributed by atoms with Crippen molar-refractivity contribution in [2.24, 2.45) is 0 Å². The van der Waals surface area contributed by atoms with Gasteiger partial charge in [0.15, 0.2) is 0 Å². The lowest BCUT2D eigenvalue weighted by Gasteiger charge is -2.27. The van der Waals surface area contributed by atoms with E-state index in [4.69, 9.17) is 0 Å². The maximum Gasteiger partial charge on any atom is 0.0467 e. The van der Waals surface area contributed by atoms with Crippen LogP contribution in [0.25, 0.3) is 50.1 Å². The van der Waals surface area contributed by atoms with Gasteiger partial charge in [-0.25, -0.2) is 0 Å². The van der Waals surface area contributed by atoms with E-state index in [1.165, 1.54) is 33.4 Å². The van der Waals surface area contributed by atoms with Crippen LogP contribution in [0.5, 0.6) is 0 Å². The molecule has 9 aromatic rings. The van der Waals surface area contributed by atoms with Gasteiger partial charge in [-0.05, 0) is 128 Å². The second kappa shape index (κ2) is 18.4. The van der Waals surface area contributed by atoms with Crippen molar-refractivity contribution in [1.82, 2.24) is 0 Å². The molecule has 0 aliphatic heterocycles. The van der Waals surface area contributed by atoms with Crippen LogP contribution in [-0.2, 0) is 0 Å². The molecule has 0 heterocycles. The first-order valence-corrected chi connectivity index (χ1v) is 21.0. The number of hydrogen-bond donors (Lipinski definition) is 0. The zero-order valence-electron chi connectivity index (χ0n) is 34.6. The van der Waals surface area contributed by atoms with E-state index in [-0.39, 0.29) is 0 Å². The standard InChI is InChI=1S/C60H46N2/c1-3-16-45(4-2)49-27-35-55(36-28-49)61(56-37-29-50(30-38-56)46-17-8-5-9-18-46)57-39-31-51(32-40-57)52-33-41-58(42-34-52)62(59-25-14-23-53(43-59)47-19-10-6-11-20-47)60-26-15-24-54(44-60)48-21-12-7-13-22-48/h3-44H,1-2H2/b45-16+. The Bertz CT molecular complexity index is 2850. The molecule has 9 rings (SSSR count). The first-order chi connectivity index (χ1) is 30.6. The van der Waals surface area contributed by atoms with E-state index in [1.54, 1.807) is 6.08 Å². The molecule has 0 atom stereocenters. The van der Waals surface area contributed by atoms with E-state index in [0.29, 0.717) is 0 Å². The van der Waals surface area contributed by atoms with Crippen molar-refractivity contribution in [2.75, 3.05) is 9.80 Å². The molecular weight excluding hydrogens is 749 g/mol. The van der Waals surface area contributed by atoms with Gasteiger partial charge in [0.1, 0.15) is 0 Å². The molecule has 9 aromatic carbocycles. The van der Waals surface area contributed by atoms with Gasteiger partial charge in [-0.15, -0.1) is 0 Å². The largest absolute Gasteiger partial charge is 0.311 e. The van der Waals surface area contributed by atoms with Crippen molar-refractivity contribution in [3.63, 3.8) is 0 Å². The highest BCUT2D eigenvalue weighted by molar-refractivity contribution is 5.85. The lowest BCUT2D eigenvalue weighted by atomic mass is 10.0. The van der Waals surface area contributed by atoms with Gasteiger partial charge in [-0.2, -0.15) is 0 Å². The van der Waals surface area contributed by atoms with Gasteiger partial charge in [-0.3, -0.25) is 0 Å². The summed E-state index contributed by atoms with van der Waals surface area (Å²) in [4.78, 5) is 4.66. The van der Waals surface area contributed by atoms with Gasteiger partial charge in [0.25, 0.3) is 0 Å². The van der Waals surface area contributed by atoms with Gasteiger partial charge in [0.05, 0.1) is 0 Å². The molecule has 0 aromatic heterocycles. The summed E-state index contributed by atoms with van der Waals surface area (Å²) < 4.78 is 0. The molecule has 296 valence electrons. The number of rotatable bonds is 13. The van der Waals surface area contributed by atoms with Crippen molar-refractivity contribution in [2.45, 2.75) is 0 Å². The summed E-state index contributed by atoms with van der Waals surface area (Å²) in [5.41, 5.74) is 18.0. The van der Waals surface area contributed by atoms with E-state index < -0.39 is 0 Å². The third-order valence-electron chi connectivity index (χ3n) is 11.2. The average Bonchev–Trinajstić information content (AvgIpc) is 3.35. The van der Waals surface area contributed by atoms with Crippen LogP contribution < -0.4 is 9.80 Å². The molecular formula is C60H46N2. The predicted octanol–water partition coefficient (Wildman–Crippen LogP) is 17.0. The van der Waals surface area contributed by atoms with E-state index >= 15 is 0 Å². The first-order valence-electron chi connectivity index (χ1n) is 21.0. The fourth-order valence-electron chi connectivity index (χ4n) is 8.06. The lowest BCUT2D eigenvalue weighted by molar-refractivity contribution is 1.28. The zero-order valence-corrected chi connectivity index (χ0v) is 34.6. The Hall–Kier alpha value is -8.20. The van der Waals surface area contributed by atoms with Crippen molar-refractivity contribution < 1.29 is 0 Å². The minimum absolute atomic E-state index is 1.03. The summed E-state index contributed by atoms with van der Waals surface area (Å²) in [6.45, 7) is 7.90. The van der Waals surface area contributed by atoms with Crippen LogP contribution in [0.4, 0.5) is 34.1 Å². The van der Waals surface area contributed by atoms with Crippen LogP contribution in [0.1, 0.15) is 5.56 Å². The van der Waals surface area contributed by atoms with Gasteiger partial charge in [-0.1, -0.05) is 195 Å². The molecule has 0 bridgehead atoms. The Balaban J connectivity index is 1.05. The molecule has 0 radical (unpaired) electrons. The summed E-state index contributed by atoms with van der Waals surface area (Å²) in [6, 6.07) is 84.5. The van der Waals surface area contributed by atoms with E-state index in [0.717, 1.165) is 56.4 Å². The summed E-state index contributed by atoms with van der Waals surface area (Å²) in [5, 5.41) is 0. The molecule has 0 N–H and O–H groups in total. The van der Waals surface area contributed by atoms with Crippen molar-refractivity contribution in [1.29, 1.82) is 0 Å². The number of anilines is 6. The second-order valence-corrected chi connectivity index (χ2v) is 15.1. The number of nitrogens with zero attached hydrogens (tertiary/aromatic N) is 2. The van der Waals surface area contributed by atoms with Gasteiger partial charge in [0.2, 0.25) is 0 Å². The van der Waals surface area contributed by atoms with Crippen LogP contribution in [0.3, 0.4) is 0 Å². The Kier molecular flexibility index (Phi) is 11.6. The Morgan fingerprint density at radius 3 is 0.952 bits per heavy atom. The SMILES string of the molecule is C=C/C=C(\C=C)c1ccc(N(c2ccc(-c3ccccc3)cc2)c2ccc(-c3ccc(N(c4cccc(-c5ccccc5)c4)c4cccc(-c5ccccc5)c4)cc3)cc2)cc1. The highest BCUT2D eigenvalue weighted by Crippen LogP contribution is 2.41. The van der Waals surface area contributed by atoms with E-state index in [2.05, 4.69) is 260 Å². The molecule has 0 amide bonds. The Morgan fingerprint density at radius 1 is 0.290 bits per heavy atom. The molecule has 0 aliphatic rings. The fourth-order valence-corrected chi connectivity index (χ4v) is 8.06. The third kappa shape index (κ3) is 8.58. The van der Waals surface area contributed by atoms with Gasteiger partial charge >= 0.3 is 0 Å². The zero-order chi connectivity index (χ0) is 42.1. The quantitative estimate of drug-likeness (QED) is 0.107. The van der Waals surface area contributed by atoms with Crippen LogP contribution in [0, 0.1) is 0 Å². The second-order valence-electron chi connectivity index (χ2n) is 15.1. The Morgan fingerprint density at radius 2 is 0.597 bits per heavy atom. The number of hydrogen-bond acceptors (Lipinski definition) is 2. The molecule has 2 nitrogen and oxygen atoms in total. The molecule has 2 heteroatoms. The average molecular weight is 795 g/mol. The molecule has 0 spiro atoms. The van der Waals surface area contributed by atoms with Gasteiger partial charge < -0.3 is 9.80 Å². The highest BCUT2D eigenvalue weighted by atomic mass is 15.1. The normalized spacial score (nSPS) is 11.1. The maximum atomic E-state index is 4.01. The van der Waals surface area contributed by atoms with Crippen molar-refractivity contribution in [3.8, 4) is 44.5 Å². The smallest absolute Gasteiger partial charge is 0.0467 e. The lowest BCUT2D eigenvalue weighted by Crippen LogP contribution is -2.10. The van der Waals surface area contributed by atoms with Crippen molar-refractivity contribution >= 4 is 39.7 Å². The Labute approximate surface area is 366 Å². The third-order valence-corrected chi connectivity index (χ3v) is 11.2. The molecule has 0 fully saturated rings. The number of benzene rings is 9. The topological polar surface area (TPSA) is 6.48 Å². The van der Waals surface area contributed by atoms with Crippen LogP contribution >= 0.6 is 0 Å². The summed E-state index contributed by atoms with van der Waals surface area (Å²) in [6.07, 6.45) is 5.65. The van der Waals surface area contributed by atoms with E-state index in [1.807, 2.05) is 12.2 Å². The maximum absolute atomic E-state index is 4.01. The summed E-state index contributed by atoms with van der Waals surface area (Å²) >= 11 is 0. The highest BCUT2D eigenvalue weighted by Gasteiger charge is 2.17. The van der Waals surface area contributed by atoms with Crippen LogP contribution in [0.15, 0.2) is 268 Å². The first kappa shape index (κ1) is 39.3. The van der Waals surface area contributed by atoms with Crippen molar-refractivity contribution in [3.05, 3.63) is 274 Å². The summed E-state index contributed by atoms with van der Waals surface area (Å²) in [5.74, 6) is 0. The molecule has 0 saturated carbocycles. The summed E-state index contributed by atoms with van der Waals surface area (Å²) in [7, 11) is 0. The molecule has 0 saturated heterocycles. The molecule has 0 aliphatic carbocycles. The molecule has 0 unspecified atom stereocenters. The van der Waals surface area contributed by atoms with Crippen LogP contribution in [-0.4, -0.2) is 0 Å².